The van der Waals surface area contributed by atoms with Crippen LogP contribution in [0.3, 0.4) is 0 Å². The Balaban J connectivity index is 2.48. The summed E-state index contributed by atoms with van der Waals surface area (Å²) in [5.41, 5.74) is 0.549. The van der Waals surface area contributed by atoms with Gasteiger partial charge in [-0.15, -0.1) is 0 Å². The van der Waals surface area contributed by atoms with Gasteiger partial charge in [0.25, 0.3) is 0 Å². The van der Waals surface area contributed by atoms with E-state index < -0.39 is 29.6 Å². The first-order valence-electron chi connectivity index (χ1n) is 5.63. The minimum absolute atomic E-state index is 0.0735. The van der Waals surface area contributed by atoms with Crippen LogP contribution in [-0.2, 0) is 0 Å². The van der Waals surface area contributed by atoms with Gasteiger partial charge in [0.15, 0.2) is 11.5 Å². The zero-order valence-corrected chi connectivity index (χ0v) is 10.4. The maximum Gasteiger partial charge on any atom is 0.478 e. The lowest BCUT2D eigenvalue weighted by atomic mass is 10.0. The number of rotatable bonds is 1. The monoisotopic (exact) mass is 300 g/mol. The van der Waals surface area contributed by atoms with Gasteiger partial charge < -0.3 is 9.47 Å². The van der Waals surface area contributed by atoms with Crippen LogP contribution in [0.2, 0.25) is 0 Å². The number of hydrogen-bond acceptors (Lipinski definition) is 2. The summed E-state index contributed by atoms with van der Waals surface area (Å²) in [5.74, 6) is -5.86. The Labute approximate surface area is 110 Å². The SMILES string of the molecule is CC(C)c1ccc2c(c1)OC(C(F)(F)F)(C(F)(F)F)O2. The van der Waals surface area contributed by atoms with E-state index in [4.69, 9.17) is 0 Å². The van der Waals surface area contributed by atoms with E-state index >= 15 is 0 Å². The molecule has 1 aromatic carbocycles. The largest absolute Gasteiger partial charge is 0.478 e. The van der Waals surface area contributed by atoms with Crippen molar-refractivity contribution in [3.63, 3.8) is 0 Å². The average molecular weight is 300 g/mol. The van der Waals surface area contributed by atoms with Crippen LogP contribution >= 0.6 is 0 Å². The lowest BCUT2D eigenvalue weighted by molar-refractivity contribution is -0.412. The lowest BCUT2D eigenvalue weighted by Crippen LogP contribution is -2.63. The molecule has 0 saturated carbocycles. The van der Waals surface area contributed by atoms with E-state index in [1.807, 2.05) is 0 Å². The molecule has 20 heavy (non-hydrogen) atoms. The molecule has 0 fully saturated rings. The number of fused-ring (bicyclic) bond motifs is 1. The van der Waals surface area contributed by atoms with Gasteiger partial charge in [-0.25, -0.2) is 0 Å². The van der Waals surface area contributed by atoms with Crippen molar-refractivity contribution in [2.45, 2.75) is 37.9 Å². The van der Waals surface area contributed by atoms with E-state index in [2.05, 4.69) is 9.47 Å². The molecule has 0 aromatic heterocycles. The Bertz CT molecular complexity index is 504. The van der Waals surface area contributed by atoms with Crippen molar-refractivity contribution in [2.75, 3.05) is 0 Å². The van der Waals surface area contributed by atoms with E-state index in [1.54, 1.807) is 13.8 Å². The Morgan fingerprint density at radius 1 is 0.900 bits per heavy atom. The van der Waals surface area contributed by atoms with Gasteiger partial charge in [0.2, 0.25) is 0 Å². The standard InChI is InChI=1S/C12H10F6O2/c1-6(2)7-3-4-8-9(5-7)20-10(19-8,11(13,14)15)12(16,17)18/h3-6H,1-2H3. The fraction of sp³-hybridized carbons (Fsp3) is 0.500. The van der Waals surface area contributed by atoms with Crippen LogP contribution in [0.15, 0.2) is 18.2 Å². The van der Waals surface area contributed by atoms with Gasteiger partial charge in [-0.3, -0.25) is 0 Å². The van der Waals surface area contributed by atoms with E-state index in [0.29, 0.717) is 5.56 Å². The van der Waals surface area contributed by atoms with E-state index in [-0.39, 0.29) is 5.92 Å². The molecule has 0 amide bonds. The predicted molar refractivity (Wildman–Crippen MR) is 56.6 cm³/mol. The van der Waals surface area contributed by atoms with Crippen molar-refractivity contribution in [2.24, 2.45) is 0 Å². The summed E-state index contributed by atoms with van der Waals surface area (Å²) in [5, 5.41) is 0. The van der Waals surface area contributed by atoms with Crippen molar-refractivity contribution in [1.82, 2.24) is 0 Å². The Morgan fingerprint density at radius 2 is 1.40 bits per heavy atom. The molecule has 0 bridgehead atoms. The van der Waals surface area contributed by atoms with Gasteiger partial charge in [-0.05, 0) is 23.6 Å². The fourth-order valence-electron chi connectivity index (χ4n) is 1.77. The van der Waals surface area contributed by atoms with Crippen LogP contribution in [0.5, 0.6) is 11.5 Å². The normalized spacial score (nSPS) is 17.6. The number of benzene rings is 1. The third-order valence-electron chi connectivity index (χ3n) is 2.89. The molecule has 0 unspecified atom stereocenters. The number of ether oxygens (including phenoxy) is 2. The highest BCUT2D eigenvalue weighted by Gasteiger charge is 2.79. The predicted octanol–water partition coefficient (Wildman–Crippen LogP) is 4.40. The summed E-state index contributed by atoms with van der Waals surface area (Å²) in [6, 6.07) is 3.57. The topological polar surface area (TPSA) is 18.5 Å². The molecule has 1 aliphatic heterocycles. The third kappa shape index (κ3) is 2.06. The third-order valence-corrected chi connectivity index (χ3v) is 2.89. The average Bonchev–Trinajstić information content (AvgIpc) is 2.66. The van der Waals surface area contributed by atoms with Crippen LogP contribution in [0.4, 0.5) is 26.3 Å². The summed E-state index contributed by atoms with van der Waals surface area (Å²) in [6.07, 6.45) is -11.5. The smallest absolute Gasteiger partial charge is 0.434 e. The van der Waals surface area contributed by atoms with Crippen LogP contribution < -0.4 is 9.47 Å². The second-order valence-corrected chi connectivity index (χ2v) is 4.68. The molecule has 0 aliphatic carbocycles. The summed E-state index contributed by atoms with van der Waals surface area (Å²) >= 11 is 0. The minimum Gasteiger partial charge on any atom is -0.434 e. The quantitative estimate of drug-likeness (QED) is 0.716. The zero-order chi connectivity index (χ0) is 15.3. The Hall–Kier alpha value is -1.60. The van der Waals surface area contributed by atoms with Gasteiger partial charge in [0, 0.05) is 0 Å². The molecule has 0 spiro atoms. The summed E-state index contributed by atoms with van der Waals surface area (Å²) < 4.78 is 84.8. The molecular weight excluding hydrogens is 290 g/mol. The van der Waals surface area contributed by atoms with Crippen molar-refractivity contribution in [3.05, 3.63) is 23.8 Å². The minimum atomic E-state index is -5.75. The highest BCUT2D eigenvalue weighted by molar-refractivity contribution is 5.47. The molecular formula is C12H10F6O2. The van der Waals surface area contributed by atoms with E-state index in [0.717, 1.165) is 12.1 Å². The lowest BCUT2D eigenvalue weighted by Gasteiger charge is -2.30. The molecule has 0 saturated heterocycles. The molecule has 1 aromatic rings. The van der Waals surface area contributed by atoms with Crippen LogP contribution in [-0.4, -0.2) is 18.1 Å². The summed E-state index contributed by atoms with van der Waals surface area (Å²) in [7, 11) is 0. The molecule has 0 atom stereocenters. The van der Waals surface area contributed by atoms with Gasteiger partial charge in [0.05, 0.1) is 0 Å². The second-order valence-electron chi connectivity index (χ2n) is 4.68. The zero-order valence-electron chi connectivity index (χ0n) is 10.4. The number of alkyl halides is 6. The first-order chi connectivity index (χ1) is 8.98. The molecule has 112 valence electrons. The van der Waals surface area contributed by atoms with E-state index in [9.17, 15) is 26.3 Å². The molecule has 0 radical (unpaired) electrons. The first-order valence-corrected chi connectivity index (χ1v) is 5.63. The van der Waals surface area contributed by atoms with Gasteiger partial charge in [-0.2, -0.15) is 26.3 Å². The summed E-state index contributed by atoms with van der Waals surface area (Å²) in [6.45, 7) is 3.50. The van der Waals surface area contributed by atoms with Crippen molar-refractivity contribution < 1.29 is 35.8 Å². The van der Waals surface area contributed by atoms with Crippen molar-refractivity contribution in [3.8, 4) is 11.5 Å². The van der Waals surface area contributed by atoms with Gasteiger partial charge in [-0.1, -0.05) is 19.9 Å². The fourth-order valence-corrected chi connectivity index (χ4v) is 1.77. The maximum atomic E-state index is 12.8. The van der Waals surface area contributed by atoms with Crippen LogP contribution in [0.1, 0.15) is 25.3 Å². The van der Waals surface area contributed by atoms with E-state index in [1.165, 1.54) is 6.07 Å². The molecule has 1 heterocycles. The Kier molecular flexibility index (Phi) is 3.10. The van der Waals surface area contributed by atoms with Gasteiger partial charge >= 0.3 is 18.1 Å². The molecule has 1 aliphatic rings. The van der Waals surface area contributed by atoms with Crippen molar-refractivity contribution in [1.29, 1.82) is 0 Å². The molecule has 2 nitrogen and oxygen atoms in total. The highest BCUT2D eigenvalue weighted by atomic mass is 19.4. The van der Waals surface area contributed by atoms with Gasteiger partial charge in [0.1, 0.15) is 0 Å². The number of halogens is 6. The second kappa shape index (κ2) is 4.20. The molecule has 0 N–H and O–H groups in total. The number of hydrogen-bond donors (Lipinski definition) is 0. The van der Waals surface area contributed by atoms with Crippen molar-refractivity contribution >= 4 is 0 Å². The highest BCUT2D eigenvalue weighted by Crippen LogP contribution is 2.53. The molecule has 2 rings (SSSR count). The maximum absolute atomic E-state index is 12.8. The molecule has 8 heteroatoms. The Morgan fingerprint density at radius 3 is 1.85 bits per heavy atom. The van der Waals surface area contributed by atoms with Crippen LogP contribution in [0.25, 0.3) is 0 Å². The van der Waals surface area contributed by atoms with Crippen LogP contribution in [0, 0.1) is 0 Å². The summed E-state index contributed by atoms with van der Waals surface area (Å²) in [4.78, 5) is 0. The first kappa shape index (κ1) is 14.8.